The van der Waals surface area contributed by atoms with E-state index >= 15 is 0 Å². The predicted molar refractivity (Wildman–Crippen MR) is 115 cm³/mol. The summed E-state index contributed by atoms with van der Waals surface area (Å²) in [5.41, 5.74) is 4.06. The highest BCUT2D eigenvalue weighted by Crippen LogP contribution is 2.31. The summed E-state index contributed by atoms with van der Waals surface area (Å²) in [5, 5.41) is 4.09. The normalized spacial score (nSPS) is 14.4. The molecule has 8 heteroatoms. The molecule has 6 nitrogen and oxygen atoms in total. The predicted octanol–water partition coefficient (Wildman–Crippen LogP) is 3.55. The molecular weight excluding hydrogens is 380 g/mol. The lowest BCUT2D eigenvalue weighted by atomic mass is 10.2. The number of fused-ring (bicyclic) bond motifs is 2. The van der Waals surface area contributed by atoms with E-state index in [1.54, 1.807) is 14.2 Å². The summed E-state index contributed by atoms with van der Waals surface area (Å²) in [4.78, 5) is 11.7. The van der Waals surface area contributed by atoms with Crippen molar-refractivity contribution in [2.45, 2.75) is 0 Å². The fraction of sp³-hybridized carbons (Fsp3) is 0.316. The van der Waals surface area contributed by atoms with Crippen molar-refractivity contribution >= 4 is 56.8 Å². The van der Waals surface area contributed by atoms with Crippen LogP contribution in [0.15, 0.2) is 30.3 Å². The van der Waals surface area contributed by atoms with E-state index < -0.39 is 0 Å². The molecule has 0 saturated carbocycles. The second-order valence-electron chi connectivity index (χ2n) is 6.15. The Balaban J connectivity index is 1.66. The number of hydrogen-bond acceptors (Lipinski definition) is 6. The van der Waals surface area contributed by atoms with Crippen LogP contribution in [-0.2, 0) is 0 Å². The molecule has 3 aromatic rings. The number of methoxy groups -OCH3 is 2. The van der Waals surface area contributed by atoms with Crippen LogP contribution in [0.2, 0.25) is 0 Å². The number of ether oxygens (including phenoxy) is 2. The molecule has 1 aliphatic rings. The number of thioether (sulfide) groups is 1. The zero-order valence-corrected chi connectivity index (χ0v) is 16.8. The Morgan fingerprint density at radius 2 is 1.56 bits per heavy atom. The maximum Gasteiger partial charge on any atom is 0.173 e. The average molecular weight is 401 g/mol. The lowest BCUT2D eigenvalue weighted by Crippen LogP contribution is -2.40. The molecule has 1 aromatic heterocycles. The molecule has 0 unspecified atom stereocenters. The van der Waals surface area contributed by atoms with Crippen molar-refractivity contribution in [2.75, 3.05) is 44.1 Å². The molecule has 0 radical (unpaired) electrons. The van der Waals surface area contributed by atoms with Gasteiger partial charge in [0.05, 0.1) is 36.3 Å². The summed E-state index contributed by atoms with van der Waals surface area (Å²) < 4.78 is 10.7. The van der Waals surface area contributed by atoms with Crippen molar-refractivity contribution in [3.05, 3.63) is 30.3 Å². The molecule has 4 rings (SSSR count). The van der Waals surface area contributed by atoms with E-state index in [9.17, 15) is 0 Å². The van der Waals surface area contributed by atoms with Crippen molar-refractivity contribution < 1.29 is 9.47 Å². The minimum atomic E-state index is 0.636. The van der Waals surface area contributed by atoms with Gasteiger partial charge in [0.1, 0.15) is 0 Å². The SMILES string of the molecule is COc1cc2nc3ccc(NC(=S)N4CCSCC4)cc3nc2cc1OC. The molecule has 0 bridgehead atoms. The molecular formula is C19H20N4O2S2. The van der Waals surface area contributed by atoms with Gasteiger partial charge < -0.3 is 19.7 Å². The molecule has 1 saturated heterocycles. The zero-order chi connectivity index (χ0) is 18.8. The number of anilines is 1. The van der Waals surface area contributed by atoms with Gasteiger partial charge >= 0.3 is 0 Å². The summed E-state index contributed by atoms with van der Waals surface area (Å²) in [6, 6.07) is 9.60. The van der Waals surface area contributed by atoms with Crippen LogP contribution < -0.4 is 14.8 Å². The number of nitrogens with zero attached hydrogens (tertiary/aromatic N) is 3. The van der Waals surface area contributed by atoms with E-state index in [-0.39, 0.29) is 0 Å². The van der Waals surface area contributed by atoms with Crippen LogP contribution in [0.3, 0.4) is 0 Å². The van der Waals surface area contributed by atoms with Gasteiger partial charge in [-0.3, -0.25) is 0 Å². The second-order valence-corrected chi connectivity index (χ2v) is 7.76. The van der Waals surface area contributed by atoms with E-state index in [0.29, 0.717) is 11.5 Å². The molecule has 0 spiro atoms. The van der Waals surface area contributed by atoms with Gasteiger partial charge in [-0.1, -0.05) is 0 Å². The topological polar surface area (TPSA) is 59.5 Å². The highest BCUT2D eigenvalue weighted by atomic mass is 32.2. The van der Waals surface area contributed by atoms with Crippen LogP contribution in [0.1, 0.15) is 0 Å². The highest BCUT2D eigenvalue weighted by Gasteiger charge is 2.14. The third kappa shape index (κ3) is 3.72. The number of thiocarbonyl (C=S) groups is 1. The third-order valence-corrected chi connectivity index (χ3v) is 5.79. The number of benzene rings is 2. The largest absolute Gasteiger partial charge is 0.493 e. The summed E-state index contributed by atoms with van der Waals surface area (Å²) in [6.45, 7) is 1.96. The van der Waals surface area contributed by atoms with Gasteiger partial charge in [0.2, 0.25) is 0 Å². The van der Waals surface area contributed by atoms with E-state index in [1.807, 2.05) is 42.1 Å². The average Bonchev–Trinajstić information content (AvgIpc) is 2.71. The Labute approximate surface area is 167 Å². The van der Waals surface area contributed by atoms with Crippen molar-refractivity contribution in [3.63, 3.8) is 0 Å². The van der Waals surface area contributed by atoms with Crippen LogP contribution >= 0.6 is 24.0 Å². The van der Waals surface area contributed by atoms with Crippen LogP contribution in [0.5, 0.6) is 11.5 Å². The van der Waals surface area contributed by atoms with Crippen molar-refractivity contribution in [2.24, 2.45) is 0 Å². The minimum Gasteiger partial charge on any atom is -0.493 e. The molecule has 0 amide bonds. The van der Waals surface area contributed by atoms with Gasteiger partial charge in [-0.25, -0.2) is 9.97 Å². The van der Waals surface area contributed by atoms with Crippen molar-refractivity contribution in [1.29, 1.82) is 0 Å². The molecule has 140 valence electrons. The summed E-state index contributed by atoms with van der Waals surface area (Å²) >= 11 is 7.52. The summed E-state index contributed by atoms with van der Waals surface area (Å²) in [7, 11) is 3.22. The molecule has 1 N–H and O–H groups in total. The molecule has 27 heavy (non-hydrogen) atoms. The first-order valence-electron chi connectivity index (χ1n) is 8.65. The van der Waals surface area contributed by atoms with Crippen molar-refractivity contribution in [1.82, 2.24) is 14.9 Å². The summed E-state index contributed by atoms with van der Waals surface area (Å²) in [6.07, 6.45) is 0. The van der Waals surface area contributed by atoms with Crippen molar-refractivity contribution in [3.8, 4) is 11.5 Å². The monoisotopic (exact) mass is 400 g/mol. The fourth-order valence-corrected chi connectivity index (χ4v) is 4.25. The third-order valence-electron chi connectivity index (χ3n) is 4.49. The Morgan fingerprint density at radius 3 is 2.19 bits per heavy atom. The molecule has 0 atom stereocenters. The molecule has 1 fully saturated rings. The van der Waals surface area contributed by atoms with Crippen LogP contribution in [0, 0.1) is 0 Å². The Hall–Kier alpha value is -2.32. The van der Waals surface area contributed by atoms with E-state index in [0.717, 1.165) is 57.5 Å². The molecule has 0 aliphatic carbocycles. The van der Waals surface area contributed by atoms with E-state index in [4.69, 9.17) is 31.7 Å². The quantitative estimate of drug-likeness (QED) is 0.529. The first-order chi connectivity index (χ1) is 13.2. The number of nitrogens with one attached hydrogen (secondary N) is 1. The van der Waals surface area contributed by atoms with Crippen LogP contribution in [-0.4, -0.2) is 58.8 Å². The fourth-order valence-electron chi connectivity index (χ4n) is 3.05. The van der Waals surface area contributed by atoms with Gasteiger partial charge in [-0.05, 0) is 30.4 Å². The number of aromatic nitrogens is 2. The number of hydrogen-bond donors (Lipinski definition) is 1. The van der Waals surface area contributed by atoms with Crippen LogP contribution in [0.4, 0.5) is 5.69 Å². The standard InChI is InChI=1S/C19H20N4O2S2/c1-24-17-10-15-16(11-18(17)25-2)22-14-9-12(3-4-13(14)21-15)20-19(26)23-5-7-27-8-6-23/h3-4,9-11H,5-8H2,1-2H3,(H,20,26). The van der Waals surface area contributed by atoms with Gasteiger partial charge in [-0.2, -0.15) is 11.8 Å². The lowest BCUT2D eigenvalue weighted by Gasteiger charge is -2.29. The lowest BCUT2D eigenvalue weighted by molar-refractivity contribution is 0.355. The maximum absolute atomic E-state index is 5.56. The molecule has 1 aliphatic heterocycles. The van der Waals surface area contributed by atoms with Crippen LogP contribution in [0.25, 0.3) is 22.1 Å². The van der Waals surface area contributed by atoms with Gasteiger partial charge in [0.15, 0.2) is 16.6 Å². The molecule has 2 heterocycles. The minimum absolute atomic E-state index is 0.636. The van der Waals surface area contributed by atoms with E-state index in [1.165, 1.54) is 0 Å². The zero-order valence-electron chi connectivity index (χ0n) is 15.2. The Kier molecular flexibility index (Phi) is 5.18. The Bertz CT molecular complexity index is 1010. The van der Waals surface area contributed by atoms with Gasteiger partial charge in [0, 0.05) is 42.4 Å². The maximum atomic E-state index is 5.56. The first kappa shape index (κ1) is 18.1. The first-order valence-corrected chi connectivity index (χ1v) is 10.2. The molecule has 2 aromatic carbocycles. The number of rotatable bonds is 3. The van der Waals surface area contributed by atoms with Gasteiger partial charge in [0.25, 0.3) is 0 Å². The van der Waals surface area contributed by atoms with E-state index in [2.05, 4.69) is 10.2 Å². The smallest absolute Gasteiger partial charge is 0.173 e. The van der Waals surface area contributed by atoms with Gasteiger partial charge in [-0.15, -0.1) is 0 Å². The highest BCUT2D eigenvalue weighted by molar-refractivity contribution is 7.99. The Morgan fingerprint density at radius 1 is 0.963 bits per heavy atom. The summed E-state index contributed by atoms with van der Waals surface area (Å²) in [5.74, 6) is 3.50. The second kappa shape index (κ2) is 7.74.